The Bertz CT molecular complexity index is 864. The van der Waals surface area contributed by atoms with Crippen LogP contribution in [0.15, 0.2) is 23.3 Å². The van der Waals surface area contributed by atoms with Crippen molar-refractivity contribution in [2.24, 2.45) is 22.9 Å². The van der Waals surface area contributed by atoms with Crippen LogP contribution in [0.4, 0.5) is 5.82 Å². The molecule has 8 nitrogen and oxygen atoms in total. The first-order valence-electron chi connectivity index (χ1n) is 12.1. The van der Waals surface area contributed by atoms with E-state index in [1.54, 1.807) is 12.3 Å². The lowest BCUT2D eigenvalue weighted by molar-refractivity contribution is -0.151. The van der Waals surface area contributed by atoms with Gasteiger partial charge in [0, 0.05) is 18.3 Å². The van der Waals surface area contributed by atoms with Crippen molar-refractivity contribution in [2.75, 3.05) is 11.9 Å². The zero-order valence-corrected chi connectivity index (χ0v) is 20.0. The number of aryl methyl sites for hydroxylation is 1. The van der Waals surface area contributed by atoms with Gasteiger partial charge >= 0.3 is 5.97 Å². The zero-order chi connectivity index (χ0) is 23.8. The van der Waals surface area contributed by atoms with Crippen LogP contribution in [0.3, 0.4) is 0 Å². The Morgan fingerprint density at radius 2 is 1.97 bits per heavy atom. The molecule has 1 N–H and O–H groups in total. The molecule has 1 unspecified atom stereocenters. The van der Waals surface area contributed by atoms with Gasteiger partial charge in [0.2, 0.25) is 5.91 Å². The lowest BCUT2D eigenvalue weighted by atomic mass is 9.89. The van der Waals surface area contributed by atoms with E-state index >= 15 is 0 Å². The van der Waals surface area contributed by atoms with Gasteiger partial charge in [-0.05, 0) is 36.8 Å². The largest absolute Gasteiger partial charge is 0.465 e. The first-order chi connectivity index (χ1) is 15.9. The number of hydrogen-bond donors (Lipinski definition) is 1. The molecule has 0 aromatic carbocycles. The predicted octanol–water partition coefficient (Wildman–Crippen LogP) is 3.96. The summed E-state index contributed by atoms with van der Waals surface area (Å²) in [5, 5.41) is 8.29. The van der Waals surface area contributed by atoms with E-state index in [9.17, 15) is 14.4 Å². The fourth-order valence-corrected chi connectivity index (χ4v) is 4.43. The summed E-state index contributed by atoms with van der Waals surface area (Å²) < 4.78 is 5.35. The Morgan fingerprint density at radius 1 is 1.21 bits per heavy atom. The maximum Gasteiger partial charge on any atom is 0.306 e. The smallest absolute Gasteiger partial charge is 0.306 e. The summed E-state index contributed by atoms with van der Waals surface area (Å²) in [6.45, 7) is 6.28. The number of anilines is 1. The first-order valence-corrected chi connectivity index (χ1v) is 12.1. The molecular formula is C25H36N4O4. The monoisotopic (exact) mass is 456 g/mol. The summed E-state index contributed by atoms with van der Waals surface area (Å²) in [5.41, 5.74) is 0.875. The SMILES string of the molecule is CCc1cccc(NC(=O)C2CC=NN2C(=O)[C@@H](CC(=O)OCC(C)C)CC2CCCC2)n1. The van der Waals surface area contributed by atoms with Crippen molar-refractivity contribution in [3.05, 3.63) is 23.9 Å². The van der Waals surface area contributed by atoms with Crippen LogP contribution in [-0.2, 0) is 25.5 Å². The van der Waals surface area contributed by atoms with Crippen LogP contribution in [0.1, 0.15) is 71.4 Å². The predicted molar refractivity (Wildman–Crippen MR) is 126 cm³/mol. The topological polar surface area (TPSA) is 101 Å². The molecule has 1 aliphatic carbocycles. The lowest BCUT2D eigenvalue weighted by Gasteiger charge is -2.27. The van der Waals surface area contributed by atoms with E-state index in [0.717, 1.165) is 37.8 Å². The molecule has 0 saturated heterocycles. The van der Waals surface area contributed by atoms with Crippen molar-refractivity contribution in [1.82, 2.24) is 9.99 Å². The van der Waals surface area contributed by atoms with E-state index in [0.29, 0.717) is 31.2 Å². The van der Waals surface area contributed by atoms with E-state index < -0.39 is 12.0 Å². The van der Waals surface area contributed by atoms with Crippen molar-refractivity contribution in [3.63, 3.8) is 0 Å². The van der Waals surface area contributed by atoms with Crippen LogP contribution in [0, 0.1) is 17.8 Å². The molecule has 2 heterocycles. The van der Waals surface area contributed by atoms with Crippen molar-refractivity contribution in [3.8, 4) is 0 Å². The first kappa shape index (κ1) is 24.9. The number of amides is 2. The second-order valence-electron chi connectivity index (χ2n) is 9.45. The van der Waals surface area contributed by atoms with Crippen LogP contribution in [0.5, 0.6) is 0 Å². The lowest BCUT2D eigenvalue weighted by Crippen LogP contribution is -2.45. The maximum absolute atomic E-state index is 13.5. The highest BCUT2D eigenvalue weighted by atomic mass is 16.5. The highest BCUT2D eigenvalue weighted by molar-refractivity contribution is 5.99. The molecule has 1 aliphatic heterocycles. The van der Waals surface area contributed by atoms with Gasteiger partial charge in [0.1, 0.15) is 11.9 Å². The highest BCUT2D eigenvalue weighted by Gasteiger charge is 2.38. The molecule has 180 valence electrons. The minimum Gasteiger partial charge on any atom is -0.465 e. The van der Waals surface area contributed by atoms with Crippen molar-refractivity contribution in [1.29, 1.82) is 0 Å². The number of ether oxygens (including phenoxy) is 1. The van der Waals surface area contributed by atoms with Crippen molar-refractivity contribution < 1.29 is 19.1 Å². The third-order valence-electron chi connectivity index (χ3n) is 6.21. The van der Waals surface area contributed by atoms with E-state index in [1.807, 2.05) is 32.9 Å². The average molecular weight is 457 g/mol. The van der Waals surface area contributed by atoms with Crippen LogP contribution < -0.4 is 5.32 Å². The Balaban J connectivity index is 1.68. The van der Waals surface area contributed by atoms with Gasteiger partial charge in [-0.25, -0.2) is 9.99 Å². The number of carbonyl (C=O) groups excluding carboxylic acids is 3. The van der Waals surface area contributed by atoms with Crippen molar-refractivity contribution in [2.45, 2.75) is 78.2 Å². The summed E-state index contributed by atoms with van der Waals surface area (Å²) in [6.07, 6.45) is 7.75. The molecule has 0 bridgehead atoms. The van der Waals surface area contributed by atoms with E-state index in [-0.39, 0.29) is 30.1 Å². The number of hydrazone groups is 1. The molecule has 0 spiro atoms. The van der Waals surface area contributed by atoms with Gasteiger partial charge in [0.15, 0.2) is 0 Å². The second-order valence-corrected chi connectivity index (χ2v) is 9.45. The molecule has 8 heteroatoms. The maximum atomic E-state index is 13.5. The number of pyridine rings is 1. The number of rotatable bonds is 10. The Hall–Kier alpha value is -2.77. The molecule has 2 aliphatic rings. The van der Waals surface area contributed by atoms with Crippen LogP contribution in [0.2, 0.25) is 0 Å². The standard InChI is InChI=1S/C25H36N4O4/c1-4-20-10-7-11-22(27-20)28-24(31)21-12-13-26-29(21)25(32)19(14-18-8-5-6-9-18)15-23(30)33-16-17(2)3/h7,10-11,13,17-19,21H,4-6,8-9,12,14-16H2,1-3H3,(H,27,28,31)/t19-,21?/m1/s1. The van der Waals surface area contributed by atoms with Crippen LogP contribution in [-0.4, -0.2) is 46.6 Å². The highest BCUT2D eigenvalue weighted by Crippen LogP contribution is 2.33. The molecule has 1 saturated carbocycles. The molecule has 3 rings (SSSR count). The molecule has 2 amide bonds. The van der Waals surface area contributed by atoms with Crippen LogP contribution in [0.25, 0.3) is 0 Å². The molecule has 1 aromatic heterocycles. The average Bonchev–Trinajstić information content (AvgIpc) is 3.49. The Morgan fingerprint density at radius 3 is 2.67 bits per heavy atom. The fraction of sp³-hybridized carbons (Fsp3) is 0.640. The van der Waals surface area contributed by atoms with Gasteiger partial charge in [-0.15, -0.1) is 0 Å². The van der Waals surface area contributed by atoms with Gasteiger partial charge in [-0.3, -0.25) is 14.4 Å². The number of nitrogens with zero attached hydrogens (tertiary/aromatic N) is 3. The van der Waals surface area contributed by atoms with Crippen LogP contribution >= 0.6 is 0 Å². The number of esters is 1. The molecule has 1 fully saturated rings. The quantitative estimate of drug-likeness (QED) is 0.537. The molecule has 1 aromatic rings. The van der Waals surface area contributed by atoms with E-state index in [1.165, 1.54) is 5.01 Å². The van der Waals surface area contributed by atoms with Gasteiger partial charge in [-0.1, -0.05) is 52.5 Å². The summed E-state index contributed by atoms with van der Waals surface area (Å²) in [6, 6.07) is 4.72. The van der Waals surface area contributed by atoms with Gasteiger partial charge in [-0.2, -0.15) is 5.10 Å². The molecule has 33 heavy (non-hydrogen) atoms. The number of aromatic nitrogens is 1. The number of hydrogen-bond acceptors (Lipinski definition) is 6. The van der Waals surface area contributed by atoms with E-state index in [4.69, 9.17) is 4.74 Å². The normalized spacial score (nSPS) is 19.2. The fourth-order valence-electron chi connectivity index (χ4n) is 4.43. The summed E-state index contributed by atoms with van der Waals surface area (Å²) in [5.74, 6) is -0.426. The minimum atomic E-state index is -0.748. The molecule has 0 radical (unpaired) electrons. The summed E-state index contributed by atoms with van der Waals surface area (Å²) in [7, 11) is 0. The molecule has 2 atom stereocenters. The third-order valence-corrected chi connectivity index (χ3v) is 6.21. The summed E-state index contributed by atoms with van der Waals surface area (Å²) >= 11 is 0. The van der Waals surface area contributed by atoms with Gasteiger partial charge in [0.05, 0.1) is 18.9 Å². The van der Waals surface area contributed by atoms with Crippen molar-refractivity contribution >= 4 is 29.8 Å². The third kappa shape index (κ3) is 7.11. The number of nitrogens with one attached hydrogen (secondary N) is 1. The second kappa shape index (κ2) is 11.9. The zero-order valence-electron chi connectivity index (χ0n) is 20.0. The van der Waals surface area contributed by atoms with Gasteiger partial charge in [0.25, 0.3) is 5.91 Å². The number of carbonyl (C=O) groups is 3. The minimum absolute atomic E-state index is 0.0164. The van der Waals surface area contributed by atoms with E-state index in [2.05, 4.69) is 15.4 Å². The Labute approximate surface area is 196 Å². The summed E-state index contributed by atoms with van der Waals surface area (Å²) in [4.78, 5) is 43.3. The Kier molecular flexibility index (Phi) is 8.97. The van der Waals surface area contributed by atoms with Gasteiger partial charge < -0.3 is 10.1 Å². The molecular weight excluding hydrogens is 420 g/mol.